The molecule has 0 aromatic carbocycles. The van der Waals surface area contributed by atoms with Gasteiger partial charge in [-0.3, -0.25) is 0 Å². The van der Waals surface area contributed by atoms with Gasteiger partial charge in [-0.25, -0.2) is 8.42 Å². The molecule has 0 bridgehead atoms. The van der Waals surface area contributed by atoms with Crippen LogP contribution in [0.25, 0.3) is 0 Å². The van der Waals surface area contributed by atoms with Gasteiger partial charge in [-0.05, 0) is 16.0 Å². The summed E-state index contributed by atoms with van der Waals surface area (Å²) in [7, 11) is 1.53. The minimum absolute atomic E-state index is 0.157. The Morgan fingerprint density at radius 3 is 2.62 bits per heavy atom. The molecule has 0 N–H and O–H groups in total. The summed E-state index contributed by atoms with van der Waals surface area (Å²) in [6, 6.07) is 2.77. The Kier molecular flexibility index (Phi) is 4.51. The molecule has 16 heavy (non-hydrogen) atoms. The van der Waals surface area contributed by atoms with Crippen molar-refractivity contribution < 1.29 is 13.3 Å². The number of nitrogens with zero attached hydrogens (tertiary/aromatic N) is 2. The van der Waals surface area contributed by atoms with Crippen LogP contribution in [0, 0.1) is 10.1 Å². The first-order valence-electron chi connectivity index (χ1n) is 4.04. The molecule has 1 aromatic heterocycles. The summed E-state index contributed by atoms with van der Waals surface area (Å²) in [6.45, 7) is 0. The highest BCUT2D eigenvalue weighted by atomic mass is 35.7. The molecule has 1 heterocycles. The number of nitro groups is 1. The smallest absolute Gasteiger partial charge is 0.358 e. The van der Waals surface area contributed by atoms with Crippen LogP contribution in [0.3, 0.4) is 0 Å². The van der Waals surface area contributed by atoms with Crippen molar-refractivity contribution in [3.63, 3.8) is 0 Å². The van der Waals surface area contributed by atoms with E-state index in [1.54, 1.807) is 0 Å². The fraction of sp³-hybridized carbons (Fsp3) is 0.286. The Bertz CT molecular complexity index is 474. The second-order valence-corrected chi connectivity index (χ2v) is 6.77. The number of hydrogen-bond donors (Lipinski definition) is 0. The molecule has 6 nitrogen and oxygen atoms in total. The molecule has 0 atom stereocenters. The fourth-order valence-corrected chi connectivity index (χ4v) is 3.05. The molecule has 0 aliphatic rings. The first-order chi connectivity index (χ1) is 7.38. The summed E-state index contributed by atoms with van der Waals surface area (Å²) in [6.07, 6.45) is 1.32. The van der Waals surface area contributed by atoms with E-state index in [9.17, 15) is 18.5 Å². The van der Waals surface area contributed by atoms with Gasteiger partial charge in [-0.1, -0.05) is 0 Å². The third-order valence-corrected chi connectivity index (χ3v) is 3.90. The van der Waals surface area contributed by atoms with Crippen LogP contribution in [-0.2, 0) is 9.05 Å². The standard InChI is InChI=1S/C7H7ClN2O4S2/c8-16(13,14)4-3-15-6-1-2-7(9-5-6)10(11)12/h1-2,5H,3-4H2. The minimum Gasteiger partial charge on any atom is -0.358 e. The van der Waals surface area contributed by atoms with Gasteiger partial charge in [-0.15, -0.1) is 11.8 Å². The monoisotopic (exact) mass is 282 g/mol. The first kappa shape index (κ1) is 13.2. The number of aromatic nitrogens is 1. The van der Waals surface area contributed by atoms with E-state index in [0.717, 1.165) is 0 Å². The number of thioether (sulfide) groups is 1. The van der Waals surface area contributed by atoms with Crippen LogP contribution in [0.5, 0.6) is 0 Å². The molecule has 1 aromatic rings. The van der Waals surface area contributed by atoms with E-state index >= 15 is 0 Å². The summed E-state index contributed by atoms with van der Waals surface area (Å²) in [5.74, 6) is -0.115. The highest BCUT2D eigenvalue weighted by Gasteiger charge is 2.08. The van der Waals surface area contributed by atoms with Gasteiger partial charge < -0.3 is 10.1 Å². The average Bonchev–Trinajstić information content (AvgIpc) is 2.16. The molecular formula is C7H7ClN2O4S2. The zero-order valence-corrected chi connectivity index (χ0v) is 10.3. The maximum absolute atomic E-state index is 10.6. The van der Waals surface area contributed by atoms with E-state index in [1.807, 2.05) is 0 Å². The van der Waals surface area contributed by atoms with Crippen LogP contribution in [0.1, 0.15) is 0 Å². The summed E-state index contributed by atoms with van der Waals surface area (Å²) >= 11 is 1.22. The van der Waals surface area contributed by atoms with Crippen molar-refractivity contribution in [1.82, 2.24) is 4.98 Å². The molecular weight excluding hydrogens is 276 g/mol. The zero-order valence-electron chi connectivity index (χ0n) is 7.87. The predicted octanol–water partition coefficient (Wildman–Crippen LogP) is 1.65. The largest absolute Gasteiger partial charge is 0.363 e. The topological polar surface area (TPSA) is 90.2 Å². The molecule has 0 aliphatic carbocycles. The van der Waals surface area contributed by atoms with Gasteiger partial charge in [0.05, 0.1) is 10.6 Å². The zero-order chi connectivity index (χ0) is 12.2. The van der Waals surface area contributed by atoms with Crippen molar-refractivity contribution in [2.75, 3.05) is 11.5 Å². The Hall–Kier alpha value is -0.860. The van der Waals surface area contributed by atoms with Gasteiger partial charge in [0, 0.05) is 22.5 Å². The highest BCUT2D eigenvalue weighted by molar-refractivity contribution is 8.14. The van der Waals surface area contributed by atoms with Crippen molar-refractivity contribution in [3.05, 3.63) is 28.4 Å². The van der Waals surface area contributed by atoms with E-state index in [0.29, 0.717) is 4.90 Å². The van der Waals surface area contributed by atoms with Gasteiger partial charge >= 0.3 is 5.82 Å². The second-order valence-electron chi connectivity index (χ2n) is 2.70. The Morgan fingerprint density at radius 1 is 1.50 bits per heavy atom. The van der Waals surface area contributed by atoms with Crippen LogP contribution in [0.15, 0.2) is 23.2 Å². The Morgan fingerprint density at radius 2 is 2.19 bits per heavy atom. The maximum atomic E-state index is 10.6. The van der Waals surface area contributed by atoms with Crippen LogP contribution < -0.4 is 0 Å². The molecule has 0 spiro atoms. The van der Waals surface area contributed by atoms with Crippen molar-refractivity contribution >= 4 is 37.3 Å². The highest BCUT2D eigenvalue weighted by Crippen LogP contribution is 2.19. The molecule has 0 fully saturated rings. The van der Waals surface area contributed by atoms with Crippen LogP contribution in [0.4, 0.5) is 5.82 Å². The normalized spacial score (nSPS) is 11.3. The SMILES string of the molecule is O=[N+]([O-])c1ccc(SCCS(=O)(=O)Cl)cn1. The lowest BCUT2D eigenvalue weighted by Gasteiger charge is -1.97. The molecule has 0 radical (unpaired) electrons. The third kappa shape index (κ3) is 4.77. The third-order valence-electron chi connectivity index (χ3n) is 1.50. The second kappa shape index (κ2) is 5.46. The van der Waals surface area contributed by atoms with Crippen molar-refractivity contribution in [2.24, 2.45) is 0 Å². The molecule has 0 saturated heterocycles. The van der Waals surface area contributed by atoms with E-state index in [2.05, 4.69) is 4.98 Å². The van der Waals surface area contributed by atoms with Crippen LogP contribution >= 0.6 is 22.4 Å². The maximum Gasteiger partial charge on any atom is 0.363 e. The summed E-state index contributed by atoms with van der Waals surface area (Å²) < 4.78 is 21.2. The lowest BCUT2D eigenvalue weighted by molar-refractivity contribution is -0.389. The Labute approximate surface area is 101 Å². The quantitative estimate of drug-likeness (QED) is 0.353. The van der Waals surface area contributed by atoms with E-state index < -0.39 is 14.0 Å². The van der Waals surface area contributed by atoms with Crippen molar-refractivity contribution in [1.29, 1.82) is 0 Å². The summed E-state index contributed by atoms with van der Waals surface area (Å²) in [5.41, 5.74) is 0. The molecule has 0 saturated carbocycles. The number of pyridine rings is 1. The van der Waals surface area contributed by atoms with Gasteiger partial charge in [-0.2, -0.15) is 0 Å². The molecule has 9 heteroatoms. The first-order valence-corrected chi connectivity index (χ1v) is 7.50. The van der Waals surface area contributed by atoms with Gasteiger partial charge in [0.2, 0.25) is 9.05 Å². The number of halogens is 1. The molecule has 88 valence electrons. The van der Waals surface area contributed by atoms with Crippen LogP contribution in [-0.4, -0.2) is 29.8 Å². The van der Waals surface area contributed by atoms with Crippen molar-refractivity contribution in [3.8, 4) is 0 Å². The summed E-state index contributed by atoms with van der Waals surface area (Å²) in [5, 5.41) is 10.3. The predicted molar refractivity (Wildman–Crippen MR) is 61.3 cm³/mol. The van der Waals surface area contributed by atoms with E-state index in [-0.39, 0.29) is 17.3 Å². The van der Waals surface area contributed by atoms with Crippen molar-refractivity contribution in [2.45, 2.75) is 4.90 Å². The molecule has 0 aliphatic heterocycles. The molecule has 1 rings (SSSR count). The lowest BCUT2D eigenvalue weighted by Crippen LogP contribution is -1.99. The van der Waals surface area contributed by atoms with E-state index in [4.69, 9.17) is 10.7 Å². The number of rotatable bonds is 5. The average molecular weight is 283 g/mol. The Balaban J connectivity index is 2.53. The lowest BCUT2D eigenvalue weighted by atomic mass is 10.5. The van der Waals surface area contributed by atoms with Gasteiger partial charge in [0.1, 0.15) is 0 Å². The van der Waals surface area contributed by atoms with Gasteiger partial charge in [0.15, 0.2) is 6.20 Å². The van der Waals surface area contributed by atoms with Gasteiger partial charge in [0.25, 0.3) is 0 Å². The molecule has 0 unspecified atom stereocenters. The summed E-state index contributed by atoms with van der Waals surface area (Å²) in [4.78, 5) is 13.9. The fourth-order valence-electron chi connectivity index (χ4n) is 0.825. The number of hydrogen-bond acceptors (Lipinski definition) is 6. The molecule has 0 amide bonds. The van der Waals surface area contributed by atoms with E-state index in [1.165, 1.54) is 30.1 Å². The minimum atomic E-state index is -3.49. The van der Waals surface area contributed by atoms with Crippen LogP contribution in [0.2, 0.25) is 0 Å².